The van der Waals surface area contributed by atoms with E-state index in [0.717, 1.165) is 6.42 Å². The van der Waals surface area contributed by atoms with Crippen LogP contribution in [0.1, 0.15) is 39.5 Å². The molecule has 72 valence electrons. The standard InChI is InChI=1S/C12H19N/c1-4-12(3,5-2)13-11-9-7-6-8-10-11/h1,7,9,11,13H,5-6,8,10H2,2-3H3. The van der Waals surface area contributed by atoms with E-state index in [9.17, 15) is 0 Å². The summed E-state index contributed by atoms with van der Waals surface area (Å²) >= 11 is 0. The number of hydrogen-bond acceptors (Lipinski definition) is 1. The predicted octanol–water partition coefficient (Wildman–Crippen LogP) is 2.49. The Hall–Kier alpha value is -0.740. The summed E-state index contributed by atoms with van der Waals surface area (Å²) in [6.07, 6.45) is 14.7. The van der Waals surface area contributed by atoms with Crippen molar-refractivity contribution in [3.8, 4) is 12.3 Å². The second kappa shape index (κ2) is 4.48. The zero-order valence-corrected chi connectivity index (χ0v) is 8.64. The van der Waals surface area contributed by atoms with Crippen LogP contribution in [-0.4, -0.2) is 11.6 Å². The van der Waals surface area contributed by atoms with Crippen molar-refractivity contribution in [1.29, 1.82) is 0 Å². The van der Waals surface area contributed by atoms with Gasteiger partial charge in [-0.15, -0.1) is 6.42 Å². The second-order valence-corrected chi connectivity index (χ2v) is 3.94. The first kappa shape index (κ1) is 10.3. The van der Waals surface area contributed by atoms with E-state index in [1.807, 2.05) is 0 Å². The van der Waals surface area contributed by atoms with Crippen LogP contribution in [0.4, 0.5) is 0 Å². The van der Waals surface area contributed by atoms with Crippen LogP contribution in [0.5, 0.6) is 0 Å². The smallest absolute Gasteiger partial charge is 0.0771 e. The van der Waals surface area contributed by atoms with E-state index in [-0.39, 0.29) is 5.54 Å². The molecule has 0 aromatic heterocycles. The molecule has 0 bridgehead atoms. The van der Waals surface area contributed by atoms with Crippen molar-refractivity contribution < 1.29 is 0 Å². The minimum absolute atomic E-state index is 0.133. The van der Waals surface area contributed by atoms with Gasteiger partial charge in [-0.25, -0.2) is 0 Å². The van der Waals surface area contributed by atoms with Crippen LogP contribution in [0.2, 0.25) is 0 Å². The number of allylic oxidation sites excluding steroid dienone is 1. The zero-order chi connectivity index (χ0) is 9.73. The minimum atomic E-state index is -0.133. The molecule has 0 saturated carbocycles. The molecule has 0 spiro atoms. The fourth-order valence-corrected chi connectivity index (χ4v) is 1.59. The van der Waals surface area contributed by atoms with E-state index < -0.39 is 0 Å². The summed E-state index contributed by atoms with van der Waals surface area (Å²) in [6.45, 7) is 4.22. The van der Waals surface area contributed by atoms with Gasteiger partial charge >= 0.3 is 0 Å². The van der Waals surface area contributed by atoms with Crippen molar-refractivity contribution in [2.75, 3.05) is 0 Å². The second-order valence-electron chi connectivity index (χ2n) is 3.94. The van der Waals surface area contributed by atoms with Crippen LogP contribution in [-0.2, 0) is 0 Å². The molecule has 1 nitrogen and oxygen atoms in total. The highest BCUT2D eigenvalue weighted by Gasteiger charge is 2.21. The van der Waals surface area contributed by atoms with Crippen molar-refractivity contribution in [2.45, 2.75) is 51.1 Å². The zero-order valence-electron chi connectivity index (χ0n) is 8.64. The quantitative estimate of drug-likeness (QED) is 0.516. The van der Waals surface area contributed by atoms with Crippen molar-refractivity contribution in [3.05, 3.63) is 12.2 Å². The molecule has 0 aromatic rings. The third-order valence-electron chi connectivity index (χ3n) is 2.78. The van der Waals surface area contributed by atoms with Gasteiger partial charge in [0.15, 0.2) is 0 Å². The summed E-state index contributed by atoms with van der Waals surface area (Å²) in [6, 6.07) is 0.481. The van der Waals surface area contributed by atoms with E-state index in [1.54, 1.807) is 0 Å². The van der Waals surface area contributed by atoms with E-state index in [4.69, 9.17) is 6.42 Å². The molecule has 0 aliphatic heterocycles. The van der Waals surface area contributed by atoms with Gasteiger partial charge in [0.25, 0.3) is 0 Å². The Balaban J connectivity index is 2.51. The molecule has 1 aliphatic carbocycles. The molecule has 1 aliphatic rings. The van der Waals surface area contributed by atoms with Gasteiger partial charge in [-0.1, -0.05) is 25.0 Å². The Morgan fingerprint density at radius 3 is 2.92 bits per heavy atom. The number of hydrogen-bond donors (Lipinski definition) is 1. The molecule has 2 atom stereocenters. The minimum Gasteiger partial charge on any atom is -0.295 e. The van der Waals surface area contributed by atoms with E-state index in [2.05, 4.69) is 37.2 Å². The van der Waals surface area contributed by atoms with Gasteiger partial charge in [-0.3, -0.25) is 5.32 Å². The predicted molar refractivity (Wildman–Crippen MR) is 57.4 cm³/mol. The van der Waals surface area contributed by atoms with E-state index in [1.165, 1.54) is 19.3 Å². The molecule has 1 rings (SSSR count). The van der Waals surface area contributed by atoms with Crippen LogP contribution >= 0.6 is 0 Å². The SMILES string of the molecule is C#CC(C)(CC)NC1C=CCCC1. The molecule has 0 heterocycles. The molecule has 0 amide bonds. The van der Waals surface area contributed by atoms with Crippen LogP contribution in [0.15, 0.2) is 12.2 Å². The molecule has 0 saturated heterocycles. The molecule has 0 radical (unpaired) electrons. The Labute approximate surface area is 81.6 Å². The highest BCUT2D eigenvalue weighted by atomic mass is 15.0. The van der Waals surface area contributed by atoms with Crippen molar-refractivity contribution in [3.63, 3.8) is 0 Å². The Bertz CT molecular complexity index is 224. The maximum atomic E-state index is 5.50. The lowest BCUT2D eigenvalue weighted by Crippen LogP contribution is -2.46. The Kier molecular flexibility index (Phi) is 3.57. The summed E-state index contributed by atoms with van der Waals surface area (Å²) in [4.78, 5) is 0. The highest BCUT2D eigenvalue weighted by Crippen LogP contribution is 2.15. The molecule has 1 heteroatoms. The third-order valence-corrected chi connectivity index (χ3v) is 2.78. The van der Waals surface area contributed by atoms with E-state index in [0.29, 0.717) is 6.04 Å². The lowest BCUT2D eigenvalue weighted by molar-refractivity contribution is 0.382. The molecular weight excluding hydrogens is 158 g/mol. The van der Waals surface area contributed by atoms with Crippen molar-refractivity contribution in [1.82, 2.24) is 5.32 Å². The Morgan fingerprint density at radius 1 is 1.69 bits per heavy atom. The fraction of sp³-hybridized carbons (Fsp3) is 0.667. The van der Waals surface area contributed by atoms with Gasteiger partial charge in [0, 0.05) is 6.04 Å². The van der Waals surface area contributed by atoms with Gasteiger partial charge in [-0.2, -0.15) is 0 Å². The van der Waals surface area contributed by atoms with Crippen LogP contribution in [0.25, 0.3) is 0 Å². The van der Waals surface area contributed by atoms with Crippen LogP contribution < -0.4 is 5.32 Å². The average molecular weight is 177 g/mol. The first-order chi connectivity index (χ1) is 6.20. The van der Waals surface area contributed by atoms with Gasteiger partial charge in [0.05, 0.1) is 5.54 Å². The summed E-state index contributed by atoms with van der Waals surface area (Å²) in [5.41, 5.74) is -0.133. The van der Waals surface area contributed by atoms with Gasteiger partial charge in [0.2, 0.25) is 0 Å². The number of nitrogens with one attached hydrogen (secondary N) is 1. The van der Waals surface area contributed by atoms with Gasteiger partial charge < -0.3 is 0 Å². The number of terminal acetylenes is 1. The summed E-state index contributed by atoms with van der Waals surface area (Å²) < 4.78 is 0. The lowest BCUT2D eigenvalue weighted by Gasteiger charge is -2.29. The first-order valence-corrected chi connectivity index (χ1v) is 5.12. The molecule has 2 unspecified atom stereocenters. The van der Waals surface area contributed by atoms with Gasteiger partial charge in [0.1, 0.15) is 0 Å². The average Bonchev–Trinajstić information content (AvgIpc) is 2.19. The third kappa shape index (κ3) is 2.90. The van der Waals surface area contributed by atoms with Crippen LogP contribution in [0, 0.1) is 12.3 Å². The molecule has 13 heavy (non-hydrogen) atoms. The highest BCUT2D eigenvalue weighted by molar-refractivity contribution is 5.13. The Morgan fingerprint density at radius 2 is 2.46 bits per heavy atom. The maximum absolute atomic E-state index is 5.50. The summed E-state index contributed by atoms with van der Waals surface area (Å²) in [5.74, 6) is 2.83. The molecular formula is C12H19N. The topological polar surface area (TPSA) is 12.0 Å². The van der Waals surface area contributed by atoms with E-state index >= 15 is 0 Å². The summed E-state index contributed by atoms with van der Waals surface area (Å²) in [5, 5.41) is 3.51. The molecule has 1 N–H and O–H groups in total. The fourth-order valence-electron chi connectivity index (χ4n) is 1.59. The maximum Gasteiger partial charge on any atom is 0.0771 e. The number of rotatable bonds is 3. The summed E-state index contributed by atoms with van der Waals surface area (Å²) in [7, 11) is 0. The van der Waals surface area contributed by atoms with Gasteiger partial charge in [-0.05, 0) is 32.6 Å². The monoisotopic (exact) mass is 177 g/mol. The first-order valence-electron chi connectivity index (χ1n) is 5.12. The van der Waals surface area contributed by atoms with Crippen molar-refractivity contribution >= 4 is 0 Å². The lowest BCUT2D eigenvalue weighted by atomic mass is 9.95. The molecule has 0 fully saturated rings. The van der Waals surface area contributed by atoms with Crippen molar-refractivity contribution in [2.24, 2.45) is 0 Å². The van der Waals surface area contributed by atoms with Crippen LogP contribution in [0.3, 0.4) is 0 Å². The largest absolute Gasteiger partial charge is 0.295 e. The molecule has 0 aromatic carbocycles. The normalized spacial score (nSPS) is 26.4.